The van der Waals surface area contributed by atoms with Crippen LogP contribution in [0.1, 0.15) is 19.4 Å². The van der Waals surface area contributed by atoms with Crippen molar-refractivity contribution in [3.05, 3.63) is 34.9 Å². The normalized spacial score (nSPS) is 11.9. The van der Waals surface area contributed by atoms with Gasteiger partial charge >= 0.3 is 0 Å². The van der Waals surface area contributed by atoms with Crippen molar-refractivity contribution in [2.45, 2.75) is 25.7 Å². The predicted octanol–water partition coefficient (Wildman–Crippen LogP) is 3.45. The van der Waals surface area contributed by atoms with Gasteiger partial charge < -0.3 is 0 Å². The van der Waals surface area contributed by atoms with Crippen LogP contribution in [0.4, 0.5) is 8.78 Å². The van der Waals surface area contributed by atoms with Crippen molar-refractivity contribution in [1.29, 1.82) is 0 Å². The van der Waals surface area contributed by atoms with Gasteiger partial charge in [-0.3, -0.25) is 4.79 Å². The Bertz CT molecular complexity index is 357. The Morgan fingerprint density at radius 1 is 1.27 bits per heavy atom. The smallest absolute Gasteiger partial charge is 0.292 e. The molecule has 0 aliphatic rings. The summed E-state index contributed by atoms with van der Waals surface area (Å²) in [6.45, 7) is 2.95. The van der Waals surface area contributed by atoms with Gasteiger partial charge in [0.05, 0.1) is 5.41 Å². The van der Waals surface area contributed by atoms with Crippen LogP contribution >= 0.6 is 11.6 Å². The van der Waals surface area contributed by atoms with Crippen LogP contribution in [0.5, 0.6) is 0 Å². The van der Waals surface area contributed by atoms with Crippen LogP contribution in [0.15, 0.2) is 24.3 Å². The lowest BCUT2D eigenvalue weighted by atomic mass is 9.81. The van der Waals surface area contributed by atoms with Crippen LogP contribution in [0.3, 0.4) is 0 Å². The van der Waals surface area contributed by atoms with Crippen molar-refractivity contribution in [3.63, 3.8) is 0 Å². The molecular formula is C11H11ClF2O. The van der Waals surface area contributed by atoms with Gasteiger partial charge in [-0.1, -0.05) is 23.7 Å². The molecule has 0 saturated heterocycles. The molecule has 0 heterocycles. The van der Waals surface area contributed by atoms with Gasteiger partial charge in [0, 0.05) is 5.02 Å². The fourth-order valence-electron chi connectivity index (χ4n) is 1.28. The van der Waals surface area contributed by atoms with Crippen LogP contribution in [0, 0.1) is 0 Å². The van der Waals surface area contributed by atoms with Gasteiger partial charge in [-0.2, -0.15) is 0 Å². The Morgan fingerprint density at radius 3 is 2.13 bits per heavy atom. The third-order valence-corrected chi connectivity index (χ3v) is 2.63. The molecule has 1 aromatic carbocycles. The van der Waals surface area contributed by atoms with Crippen LogP contribution in [-0.4, -0.2) is 12.2 Å². The minimum atomic E-state index is -2.95. The summed E-state index contributed by atoms with van der Waals surface area (Å²) < 4.78 is 24.6. The van der Waals surface area contributed by atoms with Gasteiger partial charge in [-0.05, 0) is 31.5 Å². The van der Waals surface area contributed by atoms with Crippen molar-refractivity contribution >= 4 is 17.4 Å². The average molecular weight is 233 g/mol. The van der Waals surface area contributed by atoms with E-state index in [-0.39, 0.29) is 0 Å². The number of hydrogen-bond donors (Lipinski definition) is 0. The van der Waals surface area contributed by atoms with E-state index in [0.29, 0.717) is 10.6 Å². The van der Waals surface area contributed by atoms with Gasteiger partial charge in [0.25, 0.3) is 6.43 Å². The largest absolute Gasteiger partial charge is 0.296 e. The summed E-state index contributed by atoms with van der Waals surface area (Å²) in [6, 6.07) is 6.33. The highest BCUT2D eigenvalue weighted by Gasteiger charge is 2.35. The van der Waals surface area contributed by atoms with Gasteiger partial charge in [0.1, 0.15) is 0 Å². The van der Waals surface area contributed by atoms with E-state index in [9.17, 15) is 13.6 Å². The van der Waals surface area contributed by atoms with Crippen LogP contribution < -0.4 is 0 Å². The maximum absolute atomic E-state index is 12.3. The molecule has 0 unspecified atom stereocenters. The first-order valence-electron chi connectivity index (χ1n) is 4.44. The predicted molar refractivity (Wildman–Crippen MR) is 55.5 cm³/mol. The molecule has 0 saturated carbocycles. The maximum atomic E-state index is 12.3. The molecule has 82 valence electrons. The number of benzene rings is 1. The molecular weight excluding hydrogens is 222 g/mol. The number of carbonyl (C=O) groups is 1. The molecule has 0 amide bonds. The minimum Gasteiger partial charge on any atom is -0.292 e. The molecule has 4 heteroatoms. The first kappa shape index (κ1) is 12.1. The van der Waals surface area contributed by atoms with Crippen LogP contribution in [0.25, 0.3) is 0 Å². The molecule has 15 heavy (non-hydrogen) atoms. The number of carbonyl (C=O) groups excluding carboxylic acids is 1. The number of alkyl halides is 2. The lowest BCUT2D eigenvalue weighted by Crippen LogP contribution is -2.34. The van der Waals surface area contributed by atoms with Crippen molar-refractivity contribution in [3.8, 4) is 0 Å². The zero-order valence-corrected chi connectivity index (χ0v) is 9.18. The molecule has 0 spiro atoms. The zero-order chi connectivity index (χ0) is 11.6. The molecule has 0 fully saturated rings. The Hall–Kier alpha value is -0.960. The second kappa shape index (κ2) is 4.27. The van der Waals surface area contributed by atoms with E-state index in [1.807, 2.05) is 0 Å². The van der Waals surface area contributed by atoms with Crippen molar-refractivity contribution in [1.82, 2.24) is 0 Å². The SMILES string of the molecule is CC(C)(C(=O)C(F)F)c1ccc(Cl)cc1. The number of halogens is 3. The standard InChI is InChI=1S/C11H11ClF2O/c1-11(2,9(15)10(13)14)7-3-5-8(12)6-4-7/h3-6,10H,1-2H3. The Kier molecular flexibility index (Phi) is 3.45. The molecule has 0 aliphatic carbocycles. The molecule has 0 radical (unpaired) electrons. The quantitative estimate of drug-likeness (QED) is 0.780. The summed E-state index contributed by atoms with van der Waals surface area (Å²) in [6.07, 6.45) is -2.95. The van der Waals surface area contributed by atoms with Crippen molar-refractivity contribution in [2.24, 2.45) is 0 Å². The van der Waals surface area contributed by atoms with Gasteiger partial charge in [0.15, 0.2) is 0 Å². The number of ketones is 1. The van der Waals surface area contributed by atoms with E-state index in [0.717, 1.165) is 0 Å². The second-order valence-corrected chi connectivity index (χ2v) is 4.23. The van der Waals surface area contributed by atoms with Crippen molar-refractivity contribution < 1.29 is 13.6 Å². The van der Waals surface area contributed by atoms with Crippen LogP contribution in [-0.2, 0) is 10.2 Å². The Balaban J connectivity index is 3.05. The summed E-state index contributed by atoms with van der Waals surface area (Å²) in [5.41, 5.74) is -0.643. The summed E-state index contributed by atoms with van der Waals surface area (Å²) in [5.74, 6) is -1.08. The Morgan fingerprint density at radius 2 is 1.73 bits per heavy atom. The maximum Gasteiger partial charge on any atom is 0.296 e. The molecule has 1 rings (SSSR count). The molecule has 0 N–H and O–H groups in total. The lowest BCUT2D eigenvalue weighted by molar-refractivity contribution is -0.134. The van der Waals surface area contributed by atoms with E-state index in [1.165, 1.54) is 13.8 Å². The van der Waals surface area contributed by atoms with E-state index < -0.39 is 17.6 Å². The molecule has 0 aliphatic heterocycles. The highest BCUT2D eigenvalue weighted by molar-refractivity contribution is 6.30. The number of rotatable bonds is 3. The summed E-state index contributed by atoms with van der Waals surface area (Å²) in [5, 5.41) is 0.513. The van der Waals surface area contributed by atoms with Gasteiger partial charge in [-0.15, -0.1) is 0 Å². The van der Waals surface area contributed by atoms with E-state index in [2.05, 4.69) is 0 Å². The fourth-order valence-corrected chi connectivity index (χ4v) is 1.41. The highest BCUT2D eigenvalue weighted by Crippen LogP contribution is 2.27. The minimum absolute atomic E-state index is 0.513. The zero-order valence-electron chi connectivity index (χ0n) is 8.43. The third kappa shape index (κ3) is 2.53. The van der Waals surface area contributed by atoms with Crippen LogP contribution in [0.2, 0.25) is 5.02 Å². The molecule has 0 atom stereocenters. The monoisotopic (exact) mass is 232 g/mol. The molecule has 0 aromatic heterocycles. The van der Waals surface area contributed by atoms with E-state index in [1.54, 1.807) is 24.3 Å². The molecule has 0 bridgehead atoms. The van der Waals surface area contributed by atoms with Crippen molar-refractivity contribution in [2.75, 3.05) is 0 Å². The molecule has 1 aromatic rings. The van der Waals surface area contributed by atoms with E-state index in [4.69, 9.17) is 11.6 Å². The summed E-state index contributed by atoms with van der Waals surface area (Å²) >= 11 is 5.67. The average Bonchev–Trinajstić information content (AvgIpc) is 2.17. The third-order valence-electron chi connectivity index (χ3n) is 2.38. The van der Waals surface area contributed by atoms with Gasteiger partial charge in [-0.25, -0.2) is 8.78 Å². The first-order chi connectivity index (χ1) is 6.85. The fraction of sp³-hybridized carbons (Fsp3) is 0.364. The topological polar surface area (TPSA) is 17.1 Å². The van der Waals surface area contributed by atoms with Gasteiger partial charge in [0.2, 0.25) is 5.78 Å². The lowest BCUT2D eigenvalue weighted by Gasteiger charge is -2.23. The second-order valence-electron chi connectivity index (χ2n) is 3.80. The summed E-state index contributed by atoms with van der Waals surface area (Å²) in [4.78, 5) is 11.3. The highest BCUT2D eigenvalue weighted by atomic mass is 35.5. The first-order valence-corrected chi connectivity index (χ1v) is 4.82. The summed E-state index contributed by atoms with van der Waals surface area (Å²) in [7, 11) is 0. The van der Waals surface area contributed by atoms with E-state index >= 15 is 0 Å². The number of hydrogen-bond acceptors (Lipinski definition) is 1. The molecule has 1 nitrogen and oxygen atoms in total. The number of Topliss-reactive ketones (excluding diaryl/α,β-unsaturated/α-hetero) is 1. The Labute approximate surface area is 92.1 Å².